The van der Waals surface area contributed by atoms with E-state index in [2.05, 4.69) is 15.3 Å². The molecule has 1 aromatic heterocycles. The number of rotatable bonds is 6. The molecular weight excluding hydrogens is 212 g/mol. The molecule has 2 fully saturated rings. The second-order valence-corrected chi connectivity index (χ2v) is 5.28. The van der Waals surface area contributed by atoms with Gasteiger partial charge >= 0.3 is 0 Å². The van der Waals surface area contributed by atoms with E-state index in [1.807, 2.05) is 23.1 Å². The molecule has 1 saturated carbocycles. The number of likely N-dealkylation sites (tertiary alicyclic amines) is 1. The van der Waals surface area contributed by atoms with Gasteiger partial charge in [-0.05, 0) is 38.3 Å². The van der Waals surface area contributed by atoms with Crippen LogP contribution in [0.1, 0.15) is 25.7 Å². The Kier molecular flexibility index (Phi) is 3.43. The summed E-state index contributed by atoms with van der Waals surface area (Å²) in [6.45, 7) is 4.60. The molecule has 0 spiro atoms. The van der Waals surface area contributed by atoms with E-state index in [0.717, 1.165) is 25.2 Å². The first-order chi connectivity index (χ1) is 8.42. The summed E-state index contributed by atoms with van der Waals surface area (Å²) in [5.74, 6) is 0. The van der Waals surface area contributed by atoms with Gasteiger partial charge in [0.15, 0.2) is 0 Å². The second-order valence-electron chi connectivity index (χ2n) is 5.28. The first-order valence-electron chi connectivity index (χ1n) is 6.87. The lowest BCUT2D eigenvalue weighted by molar-refractivity contribution is 0.234. The molecule has 1 aromatic rings. The number of hydrogen-bond donors (Lipinski definition) is 1. The fourth-order valence-corrected chi connectivity index (χ4v) is 2.67. The highest BCUT2D eigenvalue weighted by atomic mass is 15.3. The molecule has 0 radical (unpaired) electrons. The summed E-state index contributed by atoms with van der Waals surface area (Å²) in [7, 11) is 0. The number of hydrogen-bond acceptors (Lipinski definition) is 3. The maximum absolute atomic E-state index is 4.26. The molecule has 94 valence electrons. The van der Waals surface area contributed by atoms with E-state index in [9.17, 15) is 0 Å². The maximum atomic E-state index is 4.26. The highest BCUT2D eigenvalue weighted by Crippen LogP contribution is 2.21. The fraction of sp³-hybridized carbons (Fsp3) is 0.769. The molecule has 1 atom stereocenters. The summed E-state index contributed by atoms with van der Waals surface area (Å²) < 4.78 is 2.03. The van der Waals surface area contributed by atoms with Crippen molar-refractivity contribution in [2.45, 2.75) is 44.3 Å². The molecule has 1 aliphatic heterocycles. The molecule has 17 heavy (non-hydrogen) atoms. The Bertz CT molecular complexity index is 331. The van der Waals surface area contributed by atoms with E-state index < -0.39 is 0 Å². The van der Waals surface area contributed by atoms with Crippen molar-refractivity contribution < 1.29 is 0 Å². The normalized spacial score (nSPS) is 25.5. The predicted molar refractivity (Wildman–Crippen MR) is 67.8 cm³/mol. The molecule has 0 aromatic carbocycles. The van der Waals surface area contributed by atoms with Gasteiger partial charge in [0.25, 0.3) is 0 Å². The van der Waals surface area contributed by atoms with Crippen LogP contribution in [-0.4, -0.2) is 46.4 Å². The average Bonchev–Trinajstić information content (AvgIpc) is 2.86. The highest BCUT2D eigenvalue weighted by molar-refractivity contribution is 4.87. The lowest BCUT2D eigenvalue weighted by atomic mass is 10.2. The molecule has 4 nitrogen and oxygen atoms in total. The lowest BCUT2D eigenvalue weighted by Crippen LogP contribution is -2.40. The second kappa shape index (κ2) is 5.19. The molecule has 0 amide bonds. The van der Waals surface area contributed by atoms with Gasteiger partial charge in [-0.25, -0.2) is 0 Å². The van der Waals surface area contributed by atoms with Crippen LogP contribution in [0.3, 0.4) is 0 Å². The predicted octanol–water partition coefficient (Wildman–Crippen LogP) is 1.10. The Morgan fingerprint density at radius 2 is 2.18 bits per heavy atom. The Morgan fingerprint density at radius 3 is 2.94 bits per heavy atom. The monoisotopic (exact) mass is 234 g/mol. The van der Waals surface area contributed by atoms with Crippen LogP contribution in [0, 0.1) is 0 Å². The third kappa shape index (κ3) is 3.07. The Labute approximate surface area is 103 Å². The van der Waals surface area contributed by atoms with E-state index >= 15 is 0 Å². The Balaban J connectivity index is 1.44. The first-order valence-corrected chi connectivity index (χ1v) is 6.87. The van der Waals surface area contributed by atoms with Crippen molar-refractivity contribution in [1.29, 1.82) is 0 Å². The van der Waals surface area contributed by atoms with Crippen LogP contribution < -0.4 is 5.32 Å². The first kappa shape index (κ1) is 11.2. The van der Waals surface area contributed by atoms with Crippen LogP contribution in [0.25, 0.3) is 0 Å². The summed E-state index contributed by atoms with van der Waals surface area (Å²) in [4.78, 5) is 2.62. The smallest absolute Gasteiger partial charge is 0.0536 e. The van der Waals surface area contributed by atoms with Crippen molar-refractivity contribution in [3.63, 3.8) is 0 Å². The van der Waals surface area contributed by atoms with E-state index in [-0.39, 0.29) is 0 Å². The Hall–Kier alpha value is -0.870. The lowest BCUT2D eigenvalue weighted by Gasteiger charge is -2.24. The largest absolute Gasteiger partial charge is 0.312 e. The average molecular weight is 234 g/mol. The fourth-order valence-electron chi connectivity index (χ4n) is 2.67. The van der Waals surface area contributed by atoms with Gasteiger partial charge in [0.1, 0.15) is 0 Å². The minimum absolute atomic E-state index is 0.756. The summed E-state index contributed by atoms with van der Waals surface area (Å²) in [6, 6.07) is 3.59. The van der Waals surface area contributed by atoms with Gasteiger partial charge in [0.05, 0.1) is 6.54 Å². The van der Waals surface area contributed by atoms with Crippen LogP contribution in [0.2, 0.25) is 0 Å². The SMILES string of the molecule is c1cnn(CCN2CCCC2CNC2CC2)c1. The molecule has 0 bridgehead atoms. The minimum Gasteiger partial charge on any atom is -0.312 e. The van der Waals surface area contributed by atoms with Crippen molar-refractivity contribution in [2.75, 3.05) is 19.6 Å². The van der Waals surface area contributed by atoms with Crippen LogP contribution >= 0.6 is 0 Å². The standard InChI is InChI=1S/C13H22N4/c1-3-13(11-14-12-4-5-12)16(7-1)9-10-17-8-2-6-15-17/h2,6,8,12-14H,1,3-5,7,9-11H2. The van der Waals surface area contributed by atoms with E-state index in [4.69, 9.17) is 0 Å². The molecule has 1 saturated heterocycles. The van der Waals surface area contributed by atoms with Gasteiger partial charge in [-0.3, -0.25) is 9.58 Å². The number of aromatic nitrogens is 2. The summed E-state index contributed by atoms with van der Waals surface area (Å²) >= 11 is 0. The van der Waals surface area contributed by atoms with Crippen LogP contribution in [0.15, 0.2) is 18.5 Å². The molecule has 1 unspecified atom stereocenters. The van der Waals surface area contributed by atoms with E-state index in [0.29, 0.717) is 0 Å². The maximum Gasteiger partial charge on any atom is 0.0536 e. The van der Waals surface area contributed by atoms with Crippen molar-refractivity contribution >= 4 is 0 Å². The van der Waals surface area contributed by atoms with Crippen molar-refractivity contribution in [3.8, 4) is 0 Å². The highest BCUT2D eigenvalue weighted by Gasteiger charge is 2.27. The molecule has 2 heterocycles. The number of nitrogens with one attached hydrogen (secondary N) is 1. The van der Waals surface area contributed by atoms with E-state index in [1.54, 1.807) is 0 Å². The van der Waals surface area contributed by atoms with E-state index in [1.165, 1.54) is 38.8 Å². The summed E-state index contributed by atoms with van der Waals surface area (Å²) in [6.07, 6.45) is 9.40. The van der Waals surface area contributed by atoms with Crippen molar-refractivity contribution in [3.05, 3.63) is 18.5 Å². The van der Waals surface area contributed by atoms with Crippen LogP contribution in [0.4, 0.5) is 0 Å². The summed E-state index contributed by atoms with van der Waals surface area (Å²) in [5, 5.41) is 7.92. The molecule has 1 N–H and O–H groups in total. The van der Waals surface area contributed by atoms with Gasteiger partial charge in [-0.2, -0.15) is 5.10 Å². The Morgan fingerprint density at radius 1 is 1.24 bits per heavy atom. The third-order valence-electron chi connectivity index (χ3n) is 3.89. The zero-order valence-electron chi connectivity index (χ0n) is 10.4. The zero-order valence-corrected chi connectivity index (χ0v) is 10.4. The molecule has 4 heteroatoms. The molecular formula is C13H22N4. The van der Waals surface area contributed by atoms with Crippen molar-refractivity contribution in [1.82, 2.24) is 20.0 Å². The zero-order chi connectivity index (χ0) is 11.5. The quantitative estimate of drug-likeness (QED) is 0.800. The molecule has 3 rings (SSSR count). The molecule has 2 aliphatic rings. The number of nitrogens with zero attached hydrogens (tertiary/aromatic N) is 3. The minimum atomic E-state index is 0.756. The van der Waals surface area contributed by atoms with Gasteiger partial charge in [0.2, 0.25) is 0 Å². The van der Waals surface area contributed by atoms with Gasteiger partial charge in [-0.15, -0.1) is 0 Å². The van der Waals surface area contributed by atoms with Gasteiger partial charge in [-0.1, -0.05) is 0 Å². The summed E-state index contributed by atoms with van der Waals surface area (Å²) in [5.41, 5.74) is 0. The van der Waals surface area contributed by atoms with Crippen LogP contribution in [-0.2, 0) is 6.54 Å². The van der Waals surface area contributed by atoms with Gasteiger partial charge < -0.3 is 5.32 Å². The van der Waals surface area contributed by atoms with Crippen LogP contribution in [0.5, 0.6) is 0 Å². The molecule has 1 aliphatic carbocycles. The van der Waals surface area contributed by atoms with Gasteiger partial charge in [0, 0.05) is 37.6 Å². The third-order valence-corrected chi connectivity index (χ3v) is 3.89. The van der Waals surface area contributed by atoms with Crippen molar-refractivity contribution in [2.24, 2.45) is 0 Å². The topological polar surface area (TPSA) is 33.1 Å².